The van der Waals surface area contributed by atoms with Gasteiger partial charge >= 0.3 is 0 Å². The van der Waals surface area contributed by atoms with Gasteiger partial charge in [0, 0.05) is 6.04 Å². The predicted molar refractivity (Wildman–Crippen MR) is 110 cm³/mol. The summed E-state index contributed by atoms with van der Waals surface area (Å²) in [6.07, 6.45) is 0.659. The standard InChI is InChI=1S/C20H25N3O6S/c1-4-13(5-2)22-19(24)17-12-23(14-8-6-7-9-15(14)28-17)20(25)16-10-11-18(29-16)30(26,27)21-3/h6-11,13,17,21H,4-5,12H2,1-3H3,(H,22,24). The van der Waals surface area contributed by atoms with Gasteiger partial charge < -0.3 is 14.5 Å². The number of anilines is 1. The van der Waals surface area contributed by atoms with Crippen molar-refractivity contribution in [1.29, 1.82) is 0 Å². The smallest absolute Gasteiger partial charge is 0.294 e. The molecule has 0 aliphatic carbocycles. The van der Waals surface area contributed by atoms with Gasteiger partial charge in [-0.25, -0.2) is 13.1 Å². The highest BCUT2D eigenvalue weighted by Crippen LogP contribution is 2.34. The Hall–Kier alpha value is -2.85. The molecule has 0 fully saturated rings. The Kier molecular flexibility index (Phi) is 6.47. The molecule has 2 aromatic rings. The Morgan fingerprint density at radius 2 is 1.87 bits per heavy atom. The predicted octanol–water partition coefficient (Wildman–Crippen LogP) is 1.90. The van der Waals surface area contributed by atoms with Crippen molar-refractivity contribution < 1.29 is 27.2 Å². The molecular formula is C20H25N3O6S. The molecule has 30 heavy (non-hydrogen) atoms. The van der Waals surface area contributed by atoms with Crippen LogP contribution in [0.15, 0.2) is 45.9 Å². The highest BCUT2D eigenvalue weighted by atomic mass is 32.2. The summed E-state index contributed by atoms with van der Waals surface area (Å²) in [5.74, 6) is -0.645. The average Bonchev–Trinajstić information content (AvgIpc) is 3.27. The summed E-state index contributed by atoms with van der Waals surface area (Å²) in [6.45, 7) is 3.93. The topological polar surface area (TPSA) is 118 Å². The van der Waals surface area contributed by atoms with Crippen molar-refractivity contribution in [1.82, 2.24) is 10.0 Å². The van der Waals surface area contributed by atoms with E-state index in [0.29, 0.717) is 11.4 Å². The van der Waals surface area contributed by atoms with Crippen LogP contribution in [-0.2, 0) is 14.8 Å². The Morgan fingerprint density at radius 1 is 1.17 bits per heavy atom. The van der Waals surface area contributed by atoms with Crippen molar-refractivity contribution in [2.75, 3.05) is 18.5 Å². The monoisotopic (exact) mass is 435 g/mol. The second-order valence-corrected chi connectivity index (χ2v) is 8.66. The lowest BCUT2D eigenvalue weighted by atomic mass is 10.1. The Balaban J connectivity index is 1.89. The number of sulfonamides is 1. The molecule has 1 aliphatic rings. The van der Waals surface area contributed by atoms with Crippen LogP contribution in [0.5, 0.6) is 5.75 Å². The molecule has 1 aliphatic heterocycles. The summed E-state index contributed by atoms with van der Waals surface area (Å²) in [4.78, 5) is 27.2. The second kappa shape index (κ2) is 8.88. The zero-order valence-electron chi connectivity index (χ0n) is 17.0. The number of benzene rings is 1. The van der Waals surface area contributed by atoms with E-state index in [2.05, 4.69) is 10.0 Å². The SMILES string of the molecule is CCC(CC)NC(=O)C1CN(C(=O)c2ccc(S(=O)(=O)NC)o2)c2ccccc2O1. The number of ether oxygens (including phenoxy) is 1. The Morgan fingerprint density at radius 3 is 2.53 bits per heavy atom. The maximum absolute atomic E-state index is 13.1. The van der Waals surface area contributed by atoms with E-state index >= 15 is 0 Å². The van der Waals surface area contributed by atoms with E-state index in [1.165, 1.54) is 24.1 Å². The number of carbonyl (C=O) groups excluding carboxylic acids is 2. The summed E-state index contributed by atoms with van der Waals surface area (Å²) in [5, 5.41) is 2.57. The van der Waals surface area contributed by atoms with Crippen LogP contribution in [-0.4, -0.2) is 46.0 Å². The van der Waals surface area contributed by atoms with Crippen LogP contribution in [0.1, 0.15) is 37.2 Å². The van der Waals surface area contributed by atoms with Gasteiger partial charge in [0.2, 0.25) is 5.09 Å². The number of amides is 2. The molecule has 162 valence electrons. The molecule has 1 aromatic heterocycles. The molecule has 2 heterocycles. The number of rotatable bonds is 7. The summed E-state index contributed by atoms with van der Waals surface area (Å²) < 4.78 is 37.1. The average molecular weight is 436 g/mol. The second-order valence-electron chi connectivity index (χ2n) is 6.84. The van der Waals surface area contributed by atoms with Gasteiger partial charge in [0.15, 0.2) is 11.9 Å². The van der Waals surface area contributed by atoms with Gasteiger partial charge in [-0.1, -0.05) is 26.0 Å². The van der Waals surface area contributed by atoms with Crippen molar-refractivity contribution in [3.05, 3.63) is 42.2 Å². The lowest BCUT2D eigenvalue weighted by Gasteiger charge is -2.34. The van der Waals surface area contributed by atoms with E-state index in [1.54, 1.807) is 24.3 Å². The van der Waals surface area contributed by atoms with E-state index in [1.807, 2.05) is 13.8 Å². The molecule has 0 saturated carbocycles. The van der Waals surface area contributed by atoms with Gasteiger partial charge in [-0.3, -0.25) is 14.5 Å². The quantitative estimate of drug-likeness (QED) is 0.686. The third kappa shape index (κ3) is 4.34. The maximum atomic E-state index is 13.1. The van der Waals surface area contributed by atoms with Gasteiger partial charge in [-0.05, 0) is 44.2 Å². The van der Waals surface area contributed by atoms with Crippen LogP contribution >= 0.6 is 0 Å². The minimum absolute atomic E-state index is 0.0156. The molecule has 1 unspecified atom stereocenters. The normalized spacial score (nSPS) is 16.1. The van der Waals surface area contributed by atoms with Crippen LogP contribution in [0, 0.1) is 0 Å². The molecular weight excluding hydrogens is 410 g/mol. The number of furan rings is 1. The summed E-state index contributed by atoms with van der Waals surface area (Å²) in [7, 11) is -2.57. The lowest BCUT2D eigenvalue weighted by molar-refractivity contribution is -0.128. The zero-order chi connectivity index (χ0) is 21.9. The summed E-state index contributed by atoms with van der Waals surface area (Å²) in [6, 6.07) is 9.37. The molecule has 3 rings (SSSR count). The fourth-order valence-corrected chi connectivity index (χ4v) is 3.81. The maximum Gasteiger partial charge on any atom is 0.294 e. The number of carbonyl (C=O) groups is 2. The van der Waals surface area contributed by atoms with Crippen LogP contribution in [0.25, 0.3) is 0 Å². The third-order valence-electron chi connectivity index (χ3n) is 4.97. The fourth-order valence-electron chi connectivity index (χ4n) is 3.16. The van der Waals surface area contributed by atoms with Crippen molar-refractivity contribution in [3.63, 3.8) is 0 Å². The largest absolute Gasteiger partial charge is 0.477 e. The van der Waals surface area contributed by atoms with Gasteiger partial charge in [-0.15, -0.1) is 0 Å². The number of fused-ring (bicyclic) bond motifs is 1. The van der Waals surface area contributed by atoms with Gasteiger partial charge in [0.05, 0.1) is 12.2 Å². The molecule has 0 spiro atoms. The minimum Gasteiger partial charge on any atom is -0.477 e. The number of para-hydroxylation sites is 2. The molecule has 9 nitrogen and oxygen atoms in total. The van der Waals surface area contributed by atoms with Crippen LogP contribution < -0.4 is 19.7 Å². The first-order valence-electron chi connectivity index (χ1n) is 9.72. The molecule has 10 heteroatoms. The summed E-state index contributed by atoms with van der Waals surface area (Å²) >= 11 is 0. The van der Waals surface area contributed by atoms with E-state index in [-0.39, 0.29) is 29.3 Å². The third-order valence-corrected chi connectivity index (χ3v) is 6.26. The summed E-state index contributed by atoms with van der Waals surface area (Å²) in [5.41, 5.74) is 0.475. The Labute approximate surface area is 175 Å². The lowest BCUT2D eigenvalue weighted by Crippen LogP contribution is -2.52. The first-order valence-corrected chi connectivity index (χ1v) is 11.2. The number of hydrogen-bond donors (Lipinski definition) is 2. The number of nitrogens with zero attached hydrogens (tertiary/aromatic N) is 1. The van der Waals surface area contributed by atoms with Gasteiger partial charge in [0.25, 0.3) is 21.8 Å². The molecule has 2 amide bonds. The van der Waals surface area contributed by atoms with E-state index < -0.39 is 22.0 Å². The molecule has 0 saturated heterocycles. The van der Waals surface area contributed by atoms with Crippen molar-refractivity contribution >= 4 is 27.5 Å². The molecule has 1 atom stereocenters. The van der Waals surface area contributed by atoms with Crippen LogP contribution in [0.3, 0.4) is 0 Å². The molecule has 1 aromatic carbocycles. The molecule has 2 N–H and O–H groups in total. The van der Waals surface area contributed by atoms with Crippen molar-refractivity contribution in [2.24, 2.45) is 0 Å². The van der Waals surface area contributed by atoms with Gasteiger partial charge in [0.1, 0.15) is 5.75 Å². The van der Waals surface area contributed by atoms with E-state index in [4.69, 9.17) is 9.15 Å². The Bertz CT molecular complexity index is 1030. The van der Waals surface area contributed by atoms with Crippen LogP contribution in [0.2, 0.25) is 0 Å². The van der Waals surface area contributed by atoms with E-state index in [0.717, 1.165) is 12.8 Å². The number of hydrogen-bond acceptors (Lipinski definition) is 6. The van der Waals surface area contributed by atoms with Crippen molar-refractivity contribution in [2.45, 2.75) is 43.9 Å². The molecule has 0 bridgehead atoms. The van der Waals surface area contributed by atoms with Crippen LogP contribution in [0.4, 0.5) is 5.69 Å². The highest BCUT2D eigenvalue weighted by molar-refractivity contribution is 7.89. The van der Waals surface area contributed by atoms with Crippen molar-refractivity contribution in [3.8, 4) is 5.75 Å². The first-order chi connectivity index (χ1) is 14.3. The first kappa shape index (κ1) is 21.8. The fraction of sp³-hybridized carbons (Fsp3) is 0.400. The highest BCUT2D eigenvalue weighted by Gasteiger charge is 2.36. The number of nitrogens with one attached hydrogen (secondary N) is 2. The van der Waals surface area contributed by atoms with Gasteiger partial charge in [-0.2, -0.15) is 0 Å². The minimum atomic E-state index is -3.82. The molecule has 0 radical (unpaired) electrons. The van der Waals surface area contributed by atoms with E-state index in [9.17, 15) is 18.0 Å². The zero-order valence-corrected chi connectivity index (χ0v) is 17.9.